The molecule has 1 aliphatic rings. The first kappa shape index (κ1) is 41.4. The zero-order chi connectivity index (χ0) is 33.5. The molecule has 262 valence electrons. The standard InChI is InChI=1S/C29H52N5O6P.2C2H6/c1-5-6-7-8-9-10-11-12-13-14-15-16-17-18-19-38-25-24(40-41(4)37-3)22(20-36-2)39-28(25)34-21-31-23-26(34)32-29(30)33-27(23)35;2*1-2/h21-22,24-25,28H,5-20H2,1-4H3,(H3,30,32,33,35);2*1-2H3. The molecule has 3 N–H and O–H groups in total. The molecular weight excluding hydrogens is 593 g/mol. The number of H-pyrrole nitrogens is 1. The van der Waals surface area contributed by atoms with Gasteiger partial charge in [-0.25, -0.2) is 4.98 Å². The Hall–Kier alpha value is -1.62. The molecule has 5 atom stereocenters. The lowest BCUT2D eigenvalue weighted by Crippen LogP contribution is -2.37. The third-order valence-corrected chi connectivity index (χ3v) is 8.73. The van der Waals surface area contributed by atoms with E-state index in [0.717, 1.165) is 12.8 Å². The summed E-state index contributed by atoms with van der Waals surface area (Å²) >= 11 is 0. The van der Waals surface area contributed by atoms with Gasteiger partial charge in [-0.3, -0.25) is 14.3 Å². The van der Waals surface area contributed by atoms with E-state index in [1.807, 2.05) is 34.4 Å². The number of methoxy groups -OCH3 is 1. The van der Waals surface area contributed by atoms with Crippen molar-refractivity contribution in [1.82, 2.24) is 19.5 Å². The van der Waals surface area contributed by atoms with Gasteiger partial charge in [0.15, 0.2) is 25.8 Å². The summed E-state index contributed by atoms with van der Waals surface area (Å²) in [5, 5.41) is 0. The minimum absolute atomic E-state index is 0.0137. The highest BCUT2D eigenvalue weighted by molar-refractivity contribution is 7.46. The molecule has 11 nitrogen and oxygen atoms in total. The fraction of sp³-hybridized carbons (Fsp3) is 0.848. The van der Waals surface area contributed by atoms with E-state index in [9.17, 15) is 4.79 Å². The molecule has 1 fully saturated rings. The monoisotopic (exact) mass is 657 g/mol. The molecule has 0 radical (unpaired) electrons. The Labute approximate surface area is 273 Å². The van der Waals surface area contributed by atoms with Gasteiger partial charge in [-0.1, -0.05) is 118 Å². The Morgan fingerprint density at radius 2 is 1.47 bits per heavy atom. The van der Waals surface area contributed by atoms with Gasteiger partial charge in [0.05, 0.1) is 12.9 Å². The predicted octanol–water partition coefficient (Wildman–Crippen LogP) is 8.14. The van der Waals surface area contributed by atoms with E-state index >= 15 is 0 Å². The summed E-state index contributed by atoms with van der Waals surface area (Å²) in [5.74, 6) is 0.0137. The maximum absolute atomic E-state index is 12.4. The Morgan fingerprint density at radius 3 is 2.00 bits per heavy atom. The molecule has 45 heavy (non-hydrogen) atoms. The van der Waals surface area contributed by atoms with E-state index in [-0.39, 0.29) is 11.5 Å². The molecule has 0 aromatic carbocycles. The number of unbranched alkanes of at least 4 members (excludes halogenated alkanes) is 13. The second-order valence-electron chi connectivity index (χ2n) is 10.9. The van der Waals surface area contributed by atoms with Gasteiger partial charge in [-0.05, 0) is 6.42 Å². The number of rotatable bonds is 22. The van der Waals surface area contributed by atoms with Crippen molar-refractivity contribution in [1.29, 1.82) is 0 Å². The number of ether oxygens (including phenoxy) is 3. The summed E-state index contributed by atoms with van der Waals surface area (Å²) < 4.78 is 31.7. The zero-order valence-electron chi connectivity index (χ0n) is 29.5. The van der Waals surface area contributed by atoms with E-state index in [4.69, 9.17) is 29.0 Å². The first-order valence-corrected chi connectivity index (χ1v) is 19.1. The van der Waals surface area contributed by atoms with E-state index in [0.29, 0.717) is 18.9 Å². The molecule has 2 aromatic heterocycles. The molecule has 1 aliphatic heterocycles. The van der Waals surface area contributed by atoms with Crippen LogP contribution in [0.15, 0.2) is 11.1 Å². The van der Waals surface area contributed by atoms with E-state index < -0.39 is 38.5 Å². The van der Waals surface area contributed by atoms with Crippen LogP contribution in [-0.2, 0) is 23.3 Å². The van der Waals surface area contributed by atoms with Crippen molar-refractivity contribution in [2.75, 3.05) is 39.8 Å². The number of anilines is 1. The topological polar surface area (TPSA) is 136 Å². The van der Waals surface area contributed by atoms with Gasteiger partial charge in [0, 0.05) is 27.5 Å². The molecule has 0 aliphatic carbocycles. The lowest BCUT2D eigenvalue weighted by molar-refractivity contribution is -0.0729. The molecule has 2 aromatic rings. The number of hydrogen-bond acceptors (Lipinski definition) is 9. The largest absolute Gasteiger partial charge is 0.382 e. The first-order valence-electron chi connectivity index (χ1n) is 17.4. The summed E-state index contributed by atoms with van der Waals surface area (Å²) in [7, 11) is 2.10. The average Bonchev–Trinajstić information content (AvgIpc) is 3.62. The number of nitrogens with two attached hydrogens (primary N) is 1. The van der Waals surface area contributed by atoms with E-state index in [1.165, 1.54) is 83.4 Å². The van der Waals surface area contributed by atoms with Crippen LogP contribution < -0.4 is 11.3 Å². The van der Waals surface area contributed by atoms with Gasteiger partial charge in [0.25, 0.3) is 5.56 Å². The normalized spacial score (nSPS) is 20.0. The smallest absolute Gasteiger partial charge is 0.280 e. The Balaban J connectivity index is 0.00000243. The third kappa shape index (κ3) is 14.4. The van der Waals surface area contributed by atoms with Gasteiger partial charge in [-0.15, -0.1) is 0 Å². The highest BCUT2D eigenvalue weighted by atomic mass is 31.2. The van der Waals surface area contributed by atoms with Gasteiger partial charge in [0.1, 0.15) is 18.3 Å². The quantitative estimate of drug-likeness (QED) is 0.0950. The fourth-order valence-electron chi connectivity index (χ4n) is 5.39. The molecule has 0 saturated carbocycles. The summed E-state index contributed by atoms with van der Waals surface area (Å²) in [5.41, 5.74) is 5.96. The molecule has 3 heterocycles. The minimum Gasteiger partial charge on any atom is -0.382 e. The van der Waals surface area contributed by atoms with Crippen LogP contribution in [0, 0.1) is 0 Å². The van der Waals surface area contributed by atoms with Crippen molar-refractivity contribution in [2.24, 2.45) is 0 Å². The van der Waals surface area contributed by atoms with E-state index in [2.05, 4.69) is 21.9 Å². The molecule has 0 bridgehead atoms. The number of aromatic nitrogens is 4. The average molecular weight is 658 g/mol. The minimum atomic E-state index is -1.14. The number of nitrogen functional groups attached to an aromatic ring is 1. The van der Waals surface area contributed by atoms with Gasteiger partial charge >= 0.3 is 0 Å². The molecule has 12 heteroatoms. The Bertz CT molecular complexity index is 1050. The van der Waals surface area contributed by atoms with Gasteiger partial charge < -0.3 is 29.0 Å². The molecule has 1 saturated heterocycles. The van der Waals surface area contributed by atoms with Gasteiger partial charge in [0.2, 0.25) is 5.95 Å². The molecule has 3 rings (SSSR count). The molecule has 0 amide bonds. The lowest BCUT2D eigenvalue weighted by atomic mass is 10.0. The molecule has 0 spiro atoms. The van der Waals surface area contributed by atoms with Crippen LogP contribution in [0.4, 0.5) is 5.95 Å². The maximum Gasteiger partial charge on any atom is 0.280 e. The van der Waals surface area contributed by atoms with Crippen molar-refractivity contribution >= 4 is 25.5 Å². The van der Waals surface area contributed by atoms with Crippen LogP contribution in [0.3, 0.4) is 0 Å². The number of aromatic amines is 1. The Morgan fingerprint density at radius 1 is 0.911 bits per heavy atom. The van der Waals surface area contributed by atoms with Crippen LogP contribution >= 0.6 is 8.38 Å². The van der Waals surface area contributed by atoms with Crippen LogP contribution in [0.25, 0.3) is 11.2 Å². The number of nitrogens with one attached hydrogen (secondary N) is 1. The zero-order valence-corrected chi connectivity index (χ0v) is 30.4. The summed E-state index contributed by atoms with van der Waals surface area (Å²) in [6.45, 7) is 13.0. The van der Waals surface area contributed by atoms with E-state index in [1.54, 1.807) is 18.8 Å². The highest BCUT2D eigenvalue weighted by Gasteiger charge is 2.48. The van der Waals surface area contributed by atoms with Crippen molar-refractivity contribution in [3.63, 3.8) is 0 Å². The summed E-state index contributed by atoms with van der Waals surface area (Å²) in [6, 6.07) is 0. The maximum atomic E-state index is 12.4. The van der Waals surface area contributed by atoms with Crippen LogP contribution in [0.5, 0.6) is 0 Å². The Kier molecular flexibility index (Phi) is 23.4. The predicted molar refractivity (Wildman–Crippen MR) is 186 cm³/mol. The number of fused-ring (bicyclic) bond motifs is 1. The van der Waals surface area contributed by atoms with Crippen LogP contribution in [0.2, 0.25) is 0 Å². The van der Waals surface area contributed by atoms with Crippen molar-refractivity contribution in [3.05, 3.63) is 16.7 Å². The van der Waals surface area contributed by atoms with Crippen LogP contribution in [-0.4, -0.2) is 71.9 Å². The number of hydrogen-bond donors (Lipinski definition) is 2. The number of nitrogens with zero attached hydrogens (tertiary/aromatic N) is 3. The van der Waals surface area contributed by atoms with Crippen LogP contribution in [0.1, 0.15) is 131 Å². The summed E-state index contributed by atoms with van der Waals surface area (Å²) in [4.78, 5) is 23.4. The summed E-state index contributed by atoms with van der Waals surface area (Å²) in [6.07, 6.45) is 17.8. The van der Waals surface area contributed by atoms with Crippen molar-refractivity contribution in [3.8, 4) is 0 Å². The second kappa shape index (κ2) is 25.5. The molecular formula is C33H64N5O6P. The van der Waals surface area contributed by atoms with Gasteiger partial charge in [-0.2, -0.15) is 4.98 Å². The molecule has 5 unspecified atom stereocenters. The van der Waals surface area contributed by atoms with Crippen molar-refractivity contribution < 1.29 is 23.3 Å². The van der Waals surface area contributed by atoms with Crippen molar-refractivity contribution in [2.45, 2.75) is 149 Å². The third-order valence-electron chi connectivity index (χ3n) is 7.68. The lowest BCUT2D eigenvalue weighted by Gasteiger charge is -2.26. The SMILES string of the molecule is CC.CC.CCCCCCCCCCCCCCCCOC1C(OP(C)OC)C(COC)OC1n1cnc2c(=O)[nH]c(N)nc21. The fourth-order valence-corrected chi connectivity index (χ4v) is 6.08. The highest BCUT2D eigenvalue weighted by Crippen LogP contribution is 2.43. The number of imidazole rings is 1. The first-order chi connectivity index (χ1) is 22.0. The second-order valence-corrected chi connectivity index (χ2v) is 12.4.